The lowest BCUT2D eigenvalue weighted by Crippen LogP contribution is -2.39. The van der Waals surface area contributed by atoms with Crippen LogP contribution >= 0.6 is 12.2 Å². The number of likely N-dealkylation sites (N-methyl/N-ethyl adjacent to an activating group) is 1. The third-order valence-electron chi connectivity index (χ3n) is 3.71. The van der Waals surface area contributed by atoms with Crippen molar-refractivity contribution >= 4 is 17.2 Å². The minimum atomic E-state index is 0.524. The molecule has 1 saturated carbocycles. The third-order valence-corrected chi connectivity index (χ3v) is 3.86. The van der Waals surface area contributed by atoms with Crippen LogP contribution in [0.3, 0.4) is 0 Å². The normalized spacial score (nSPS) is 15.3. The maximum atomic E-state index is 5.75. The number of nitrogens with zero attached hydrogens (tertiary/aromatic N) is 1. The topological polar surface area (TPSA) is 38.5 Å². The molecule has 0 unspecified atom stereocenters. The zero-order chi connectivity index (χ0) is 13.7. The molecule has 2 N–H and O–H groups in total. The first-order valence-corrected chi connectivity index (χ1v) is 7.26. The van der Waals surface area contributed by atoms with E-state index in [1.165, 1.54) is 19.3 Å². The first-order chi connectivity index (χ1) is 9.15. The first-order valence-electron chi connectivity index (χ1n) is 6.85. The Morgan fingerprint density at radius 2 is 2.05 bits per heavy atom. The van der Waals surface area contributed by atoms with Crippen LogP contribution in [0.1, 0.15) is 24.8 Å². The van der Waals surface area contributed by atoms with Crippen LogP contribution in [0, 0.1) is 0 Å². The summed E-state index contributed by atoms with van der Waals surface area (Å²) in [7, 11) is 2.18. The van der Waals surface area contributed by atoms with E-state index in [4.69, 9.17) is 22.7 Å². The summed E-state index contributed by atoms with van der Waals surface area (Å²) in [6.45, 7) is 1.72. The van der Waals surface area contributed by atoms with Crippen LogP contribution in [-0.2, 0) is 6.42 Å². The maximum absolute atomic E-state index is 5.75. The minimum absolute atomic E-state index is 0.524. The Morgan fingerprint density at radius 1 is 1.37 bits per heavy atom. The number of thiocarbonyl (C=S) groups is 1. The molecule has 0 spiro atoms. The van der Waals surface area contributed by atoms with Crippen molar-refractivity contribution in [2.75, 3.05) is 20.2 Å². The monoisotopic (exact) mass is 278 g/mol. The number of rotatable bonds is 7. The fourth-order valence-electron chi connectivity index (χ4n) is 2.22. The summed E-state index contributed by atoms with van der Waals surface area (Å²) >= 11 is 4.89. The van der Waals surface area contributed by atoms with E-state index in [1.807, 2.05) is 24.3 Å². The Labute approximate surface area is 120 Å². The summed E-state index contributed by atoms with van der Waals surface area (Å²) in [5, 5.41) is 0. The summed E-state index contributed by atoms with van der Waals surface area (Å²) < 4.78 is 5.75. The van der Waals surface area contributed by atoms with E-state index >= 15 is 0 Å². The first kappa shape index (κ1) is 14.3. The molecule has 0 bridgehead atoms. The highest BCUT2D eigenvalue weighted by atomic mass is 32.1. The molecule has 0 radical (unpaired) electrons. The van der Waals surface area contributed by atoms with Gasteiger partial charge < -0.3 is 15.4 Å². The zero-order valence-electron chi connectivity index (χ0n) is 11.5. The highest BCUT2D eigenvalue weighted by molar-refractivity contribution is 7.80. The van der Waals surface area contributed by atoms with E-state index in [9.17, 15) is 0 Å². The number of hydrogen-bond donors (Lipinski definition) is 1. The second-order valence-corrected chi connectivity index (χ2v) is 5.73. The molecule has 0 heterocycles. The van der Waals surface area contributed by atoms with Crippen LogP contribution in [0.2, 0.25) is 0 Å². The Balaban J connectivity index is 1.71. The smallest absolute Gasteiger partial charge is 0.119 e. The Morgan fingerprint density at radius 3 is 2.58 bits per heavy atom. The molecule has 4 heteroatoms. The van der Waals surface area contributed by atoms with E-state index < -0.39 is 0 Å². The van der Waals surface area contributed by atoms with Crippen LogP contribution < -0.4 is 10.5 Å². The number of benzene rings is 1. The molecule has 1 fully saturated rings. The van der Waals surface area contributed by atoms with Gasteiger partial charge in [-0.05, 0) is 37.6 Å². The van der Waals surface area contributed by atoms with Gasteiger partial charge in [0, 0.05) is 19.0 Å². The van der Waals surface area contributed by atoms with Gasteiger partial charge in [0.25, 0.3) is 0 Å². The molecule has 1 aliphatic carbocycles. The summed E-state index contributed by atoms with van der Waals surface area (Å²) in [6.07, 6.45) is 4.70. The summed E-state index contributed by atoms with van der Waals surface area (Å²) in [5.41, 5.74) is 6.65. The number of ether oxygens (including phenoxy) is 1. The molecule has 3 nitrogen and oxygen atoms in total. The van der Waals surface area contributed by atoms with Gasteiger partial charge in [-0.3, -0.25) is 0 Å². The van der Waals surface area contributed by atoms with Crippen molar-refractivity contribution in [3.05, 3.63) is 29.8 Å². The van der Waals surface area contributed by atoms with Gasteiger partial charge in [-0.25, -0.2) is 0 Å². The molecular formula is C15H22N2OS. The predicted octanol–water partition coefficient (Wildman–Crippen LogP) is 2.38. The van der Waals surface area contributed by atoms with Gasteiger partial charge in [-0.15, -0.1) is 0 Å². The Hall–Kier alpha value is -1.13. The van der Waals surface area contributed by atoms with Crippen LogP contribution in [-0.4, -0.2) is 36.1 Å². The molecule has 0 atom stereocenters. The highest BCUT2D eigenvalue weighted by Gasteiger charge is 2.21. The summed E-state index contributed by atoms with van der Waals surface area (Å²) in [5.74, 6) is 0.911. The quantitative estimate of drug-likeness (QED) is 0.777. The van der Waals surface area contributed by atoms with Gasteiger partial charge >= 0.3 is 0 Å². The SMILES string of the molecule is CN(CCOc1ccc(CC(N)=S)cc1)C1CCC1. The van der Waals surface area contributed by atoms with Crippen LogP contribution in [0.25, 0.3) is 0 Å². The van der Waals surface area contributed by atoms with Crippen LogP contribution in [0.5, 0.6) is 5.75 Å². The molecule has 2 rings (SSSR count). The van der Waals surface area contributed by atoms with Crippen LogP contribution in [0.4, 0.5) is 0 Å². The predicted molar refractivity (Wildman–Crippen MR) is 82.7 cm³/mol. The van der Waals surface area contributed by atoms with E-state index in [-0.39, 0.29) is 0 Å². The average Bonchev–Trinajstić information content (AvgIpc) is 2.28. The van der Waals surface area contributed by atoms with Gasteiger partial charge in [0.05, 0.1) is 4.99 Å². The fourth-order valence-corrected chi connectivity index (χ4v) is 2.39. The van der Waals surface area contributed by atoms with E-state index in [2.05, 4.69) is 11.9 Å². The molecule has 19 heavy (non-hydrogen) atoms. The van der Waals surface area contributed by atoms with Crippen molar-refractivity contribution in [2.24, 2.45) is 5.73 Å². The highest BCUT2D eigenvalue weighted by Crippen LogP contribution is 2.23. The number of hydrogen-bond acceptors (Lipinski definition) is 3. The fraction of sp³-hybridized carbons (Fsp3) is 0.533. The van der Waals surface area contributed by atoms with Gasteiger partial charge in [-0.1, -0.05) is 30.8 Å². The summed E-state index contributed by atoms with van der Waals surface area (Å²) in [4.78, 5) is 2.92. The van der Waals surface area contributed by atoms with Crippen molar-refractivity contribution < 1.29 is 4.74 Å². The molecule has 0 saturated heterocycles. The van der Waals surface area contributed by atoms with Crippen molar-refractivity contribution in [2.45, 2.75) is 31.7 Å². The largest absolute Gasteiger partial charge is 0.492 e. The van der Waals surface area contributed by atoms with Crippen molar-refractivity contribution in [1.29, 1.82) is 0 Å². The molecule has 1 aromatic carbocycles. The Bertz CT molecular complexity index is 415. The van der Waals surface area contributed by atoms with Crippen LogP contribution in [0.15, 0.2) is 24.3 Å². The van der Waals surface area contributed by atoms with Crippen molar-refractivity contribution in [3.8, 4) is 5.75 Å². The molecule has 1 aliphatic rings. The third kappa shape index (κ3) is 4.48. The standard InChI is InChI=1S/C15H22N2OS/c1-17(13-3-2-4-13)9-10-18-14-7-5-12(6-8-14)11-15(16)19/h5-8,13H,2-4,9-11H2,1H3,(H2,16,19). The molecule has 0 aromatic heterocycles. The van der Waals surface area contributed by atoms with Gasteiger partial charge in [0.2, 0.25) is 0 Å². The maximum Gasteiger partial charge on any atom is 0.119 e. The molecular weight excluding hydrogens is 256 g/mol. The lowest BCUT2D eigenvalue weighted by Gasteiger charge is -2.34. The van der Waals surface area contributed by atoms with E-state index in [0.717, 1.165) is 30.5 Å². The Kier molecular flexibility index (Phi) is 5.16. The lowest BCUT2D eigenvalue weighted by atomic mass is 9.92. The van der Waals surface area contributed by atoms with Gasteiger partial charge in [0.1, 0.15) is 12.4 Å². The zero-order valence-corrected chi connectivity index (χ0v) is 12.3. The molecule has 0 amide bonds. The summed E-state index contributed by atoms with van der Waals surface area (Å²) in [6, 6.07) is 8.78. The van der Waals surface area contributed by atoms with Crippen molar-refractivity contribution in [3.63, 3.8) is 0 Å². The second-order valence-electron chi connectivity index (χ2n) is 5.20. The van der Waals surface area contributed by atoms with Gasteiger partial charge in [0.15, 0.2) is 0 Å². The van der Waals surface area contributed by atoms with Gasteiger partial charge in [-0.2, -0.15) is 0 Å². The molecule has 104 valence electrons. The second kappa shape index (κ2) is 6.87. The molecule has 1 aromatic rings. The lowest BCUT2D eigenvalue weighted by molar-refractivity contribution is 0.135. The molecule has 0 aliphatic heterocycles. The van der Waals surface area contributed by atoms with E-state index in [0.29, 0.717) is 11.4 Å². The average molecular weight is 278 g/mol. The minimum Gasteiger partial charge on any atom is -0.492 e. The van der Waals surface area contributed by atoms with E-state index in [1.54, 1.807) is 0 Å². The number of nitrogens with two attached hydrogens (primary N) is 1. The van der Waals surface area contributed by atoms with Crippen molar-refractivity contribution in [1.82, 2.24) is 4.90 Å².